The summed E-state index contributed by atoms with van der Waals surface area (Å²) in [5.74, 6) is 0.0858. The van der Waals surface area contributed by atoms with Gasteiger partial charge in [-0.1, -0.05) is 18.2 Å². The Kier molecular flexibility index (Phi) is 3.21. The van der Waals surface area contributed by atoms with E-state index in [-0.39, 0.29) is 17.5 Å². The molecule has 5 heteroatoms. The second-order valence-electron chi connectivity index (χ2n) is 8.92. The van der Waals surface area contributed by atoms with Gasteiger partial charge in [0.25, 0.3) is 0 Å². The number of rotatable bonds is 2. The Bertz CT molecular complexity index is 966. The highest BCUT2D eigenvalue weighted by molar-refractivity contribution is 5.99. The van der Waals surface area contributed by atoms with Crippen molar-refractivity contribution >= 4 is 22.4 Å². The Balaban J connectivity index is 1.36. The van der Waals surface area contributed by atoms with E-state index < -0.39 is 0 Å². The molecule has 4 heterocycles. The van der Waals surface area contributed by atoms with E-state index in [1.165, 1.54) is 40.4 Å². The van der Waals surface area contributed by atoms with Crippen molar-refractivity contribution in [3.05, 3.63) is 41.6 Å². The third kappa shape index (κ3) is 2.28. The van der Waals surface area contributed by atoms with Crippen LogP contribution < -0.4 is 10.6 Å². The summed E-state index contributed by atoms with van der Waals surface area (Å²) in [6.07, 6.45) is 9.93. The first-order valence-electron chi connectivity index (χ1n) is 10.2. The fraction of sp³-hybridized carbons (Fsp3) is 0.500. The lowest BCUT2D eigenvalue weighted by Crippen LogP contribution is -2.56. The van der Waals surface area contributed by atoms with E-state index in [2.05, 4.69) is 58.0 Å². The minimum Gasteiger partial charge on any atom is -0.361 e. The fourth-order valence-electron chi connectivity index (χ4n) is 5.89. The average molecular weight is 362 g/mol. The highest BCUT2D eigenvalue weighted by Gasteiger charge is 2.46. The van der Waals surface area contributed by atoms with Gasteiger partial charge in [-0.3, -0.25) is 15.0 Å². The van der Waals surface area contributed by atoms with Crippen LogP contribution in [0.1, 0.15) is 36.8 Å². The Morgan fingerprint density at radius 1 is 1.30 bits per heavy atom. The molecule has 3 aliphatic heterocycles. The largest absolute Gasteiger partial charge is 0.361 e. The fourth-order valence-corrected chi connectivity index (χ4v) is 5.89. The predicted molar refractivity (Wildman–Crippen MR) is 106 cm³/mol. The second-order valence-corrected chi connectivity index (χ2v) is 8.92. The van der Waals surface area contributed by atoms with Crippen molar-refractivity contribution in [3.8, 4) is 0 Å². The number of carbonyl (C=O) groups is 1. The Hall–Kier alpha value is -2.11. The van der Waals surface area contributed by atoms with Crippen LogP contribution in [-0.4, -0.2) is 47.1 Å². The van der Waals surface area contributed by atoms with Gasteiger partial charge in [0.1, 0.15) is 0 Å². The number of amides is 1. The number of hydrogen-bond acceptors (Lipinski definition) is 3. The number of likely N-dealkylation sites (N-methyl/N-ethyl adjacent to an activating group) is 1. The molecular formula is C22H26N4O. The first-order valence-corrected chi connectivity index (χ1v) is 10.2. The zero-order chi connectivity index (χ0) is 18.2. The number of aromatic amines is 1. The molecule has 0 radical (unpaired) electrons. The van der Waals surface area contributed by atoms with Crippen LogP contribution in [0.25, 0.3) is 16.5 Å². The summed E-state index contributed by atoms with van der Waals surface area (Å²) < 4.78 is 0. The highest BCUT2D eigenvalue weighted by Crippen LogP contribution is 2.41. The molecule has 5 nitrogen and oxygen atoms in total. The van der Waals surface area contributed by atoms with E-state index in [9.17, 15) is 4.79 Å². The summed E-state index contributed by atoms with van der Waals surface area (Å²) in [7, 11) is 2.16. The molecule has 0 saturated carbocycles. The predicted octanol–water partition coefficient (Wildman–Crippen LogP) is 2.40. The molecule has 2 fully saturated rings. The summed E-state index contributed by atoms with van der Waals surface area (Å²) in [4.78, 5) is 18.9. The molecule has 1 amide bonds. The lowest BCUT2D eigenvalue weighted by molar-refractivity contribution is -0.126. The van der Waals surface area contributed by atoms with Crippen LogP contribution in [0.5, 0.6) is 0 Å². The molecule has 2 bridgehead atoms. The Morgan fingerprint density at radius 2 is 2.15 bits per heavy atom. The van der Waals surface area contributed by atoms with Crippen LogP contribution in [-0.2, 0) is 11.2 Å². The monoisotopic (exact) mass is 362 g/mol. The molecule has 27 heavy (non-hydrogen) atoms. The molecule has 1 aromatic heterocycles. The molecule has 2 aromatic rings. The average Bonchev–Trinajstić information content (AvgIpc) is 3.38. The molecule has 2 atom stereocenters. The van der Waals surface area contributed by atoms with Crippen LogP contribution >= 0.6 is 0 Å². The molecule has 1 aromatic carbocycles. The lowest BCUT2D eigenvalue weighted by atomic mass is 9.79. The first-order chi connectivity index (χ1) is 13.1. The Labute approximate surface area is 159 Å². The normalized spacial score (nSPS) is 34.6. The molecule has 2 saturated heterocycles. The number of benzene rings is 1. The summed E-state index contributed by atoms with van der Waals surface area (Å²) >= 11 is 0. The molecule has 140 valence electrons. The van der Waals surface area contributed by atoms with Crippen molar-refractivity contribution in [1.82, 2.24) is 20.5 Å². The molecule has 0 unspecified atom stereocenters. The zero-order valence-electron chi connectivity index (χ0n) is 15.7. The molecule has 6 rings (SSSR count). The molecular weight excluding hydrogens is 336 g/mol. The van der Waals surface area contributed by atoms with Gasteiger partial charge in [-0.2, -0.15) is 0 Å². The van der Waals surface area contributed by atoms with Crippen molar-refractivity contribution in [2.24, 2.45) is 5.92 Å². The number of fused-ring (bicyclic) bond motifs is 4. The van der Waals surface area contributed by atoms with E-state index in [1.807, 2.05) is 0 Å². The number of nitrogens with zero attached hydrogens (tertiary/aromatic N) is 1. The SMILES string of the molecule is CN1C[C@H](C(=O)NC23CCC(CC2)N3)C=C2c3cccc4[nH]cc(c34)C[C@H]21. The minimum atomic E-state index is -0.143. The summed E-state index contributed by atoms with van der Waals surface area (Å²) in [6.45, 7) is 0.787. The van der Waals surface area contributed by atoms with E-state index in [1.54, 1.807) is 0 Å². The smallest absolute Gasteiger partial charge is 0.229 e. The number of hydrogen-bond donors (Lipinski definition) is 3. The minimum absolute atomic E-state index is 0.0900. The van der Waals surface area contributed by atoms with Gasteiger partial charge in [-0.25, -0.2) is 0 Å². The van der Waals surface area contributed by atoms with Crippen LogP contribution in [0.3, 0.4) is 0 Å². The van der Waals surface area contributed by atoms with E-state index >= 15 is 0 Å². The molecule has 3 N–H and O–H groups in total. The summed E-state index contributed by atoms with van der Waals surface area (Å²) in [5.41, 5.74) is 5.06. The van der Waals surface area contributed by atoms with Crippen LogP contribution in [0, 0.1) is 5.92 Å². The maximum Gasteiger partial charge on any atom is 0.229 e. The number of nitrogens with one attached hydrogen (secondary N) is 3. The van der Waals surface area contributed by atoms with Crippen molar-refractivity contribution in [2.45, 2.75) is 49.9 Å². The van der Waals surface area contributed by atoms with Crippen LogP contribution in [0.2, 0.25) is 0 Å². The van der Waals surface area contributed by atoms with Crippen LogP contribution in [0.15, 0.2) is 30.5 Å². The third-order valence-corrected chi connectivity index (χ3v) is 7.29. The standard InChI is InChI=1S/C22H26N4O/c1-26-12-14(21(27)25-22-7-5-15(24-22)6-8-22)9-17-16-3-2-4-18-20(16)13(11-23-18)10-19(17)26/h2-4,9,11,14-15,19,23-24H,5-8,10,12H2,1H3,(H,25,27)/t14-,15?,19-,22?/m1/s1. The van der Waals surface area contributed by atoms with Crippen molar-refractivity contribution in [2.75, 3.05) is 13.6 Å². The molecule has 4 aliphatic rings. The first kappa shape index (κ1) is 15.9. The summed E-state index contributed by atoms with van der Waals surface area (Å²) in [5, 5.41) is 8.35. The van der Waals surface area contributed by atoms with Gasteiger partial charge in [0.2, 0.25) is 5.91 Å². The van der Waals surface area contributed by atoms with Gasteiger partial charge >= 0.3 is 0 Å². The van der Waals surface area contributed by atoms with Crippen molar-refractivity contribution < 1.29 is 4.79 Å². The maximum absolute atomic E-state index is 13.2. The molecule has 0 spiro atoms. The third-order valence-electron chi connectivity index (χ3n) is 7.29. The van der Waals surface area contributed by atoms with Gasteiger partial charge in [0.05, 0.1) is 11.6 Å². The van der Waals surface area contributed by atoms with Crippen LogP contribution in [0.4, 0.5) is 0 Å². The number of carbonyl (C=O) groups excluding carboxylic acids is 1. The highest BCUT2D eigenvalue weighted by atomic mass is 16.2. The number of aromatic nitrogens is 1. The van der Waals surface area contributed by atoms with Crippen molar-refractivity contribution in [1.29, 1.82) is 0 Å². The van der Waals surface area contributed by atoms with E-state index in [0.717, 1.165) is 25.8 Å². The van der Waals surface area contributed by atoms with Gasteiger partial charge in [-0.15, -0.1) is 0 Å². The number of H-pyrrole nitrogens is 1. The topological polar surface area (TPSA) is 60.2 Å². The van der Waals surface area contributed by atoms with Gasteiger partial charge < -0.3 is 10.3 Å². The van der Waals surface area contributed by atoms with E-state index in [4.69, 9.17) is 0 Å². The molecule has 1 aliphatic carbocycles. The Morgan fingerprint density at radius 3 is 2.93 bits per heavy atom. The quantitative estimate of drug-likeness (QED) is 0.769. The van der Waals surface area contributed by atoms with Gasteiger partial charge in [-0.05, 0) is 61.9 Å². The maximum atomic E-state index is 13.2. The summed E-state index contributed by atoms with van der Waals surface area (Å²) in [6, 6.07) is 7.43. The second kappa shape index (κ2) is 5.46. The van der Waals surface area contributed by atoms with Gasteiger partial charge in [0, 0.05) is 35.7 Å². The van der Waals surface area contributed by atoms with Gasteiger partial charge in [0.15, 0.2) is 0 Å². The van der Waals surface area contributed by atoms with Crippen molar-refractivity contribution in [3.63, 3.8) is 0 Å². The zero-order valence-corrected chi connectivity index (χ0v) is 15.7. The van der Waals surface area contributed by atoms with E-state index in [0.29, 0.717) is 12.1 Å². The lowest BCUT2D eigenvalue weighted by Gasteiger charge is -2.40.